The van der Waals surface area contributed by atoms with E-state index in [4.69, 9.17) is 14.3 Å². The first-order valence-electron chi connectivity index (χ1n) is 5.81. The van der Waals surface area contributed by atoms with Crippen LogP contribution >= 0.6 is 0 Å². The second kappa shape index (κ2) is 4.76. The molecular formula is C14H15NO4. The molecule has 0 aliphatic carbocycles. The molecular weight excluding hydrogens is 246 g/mol. The predicted molar refractivity (Wildman–Crippen MR) is 69.7 cm³/mol. The Hall–Kier alpha value is -2.30. The van der Waals surface area contributed by atoms with Gasteiger partial charge in [-0.2, -0.15) is 0 Å². The van der Waals surface area contributed by atoms with E-state index >= 15 is 0 Å². The van der Waals surface area contributed by atoms with Gasteiger partial charge >= 0.3 is 5.97 Å². The molecule has 0 spiro atoms. The summed E-state index contributed by atoms with van der Waals surface area (Å²) >= 11 is 0. The maximum absolute atomic E-state index is 11.0. The highest BCUT2D eigenvalue weighted by Gasteiger charge is 2.19. The number of benzene rings is 1. The van der Waals surface area contributed by atoms with Gasteiger partial charge in [0.25, 0.3) is 0 Å². The van der Waals surface area contributed by atoms with E-state index in [-0.39, 0.29) is 5.76 Å². The molecule has 0 aliphatic heterocycles. The van der Waals surface area contributed by atoms with Gasteiger partial charge < -0.3 is 14.3 Å². The molecule has 5 nitrogen and oxygen atoms in total. The van der Waals surface area contributed by atoms with Crippen LogP contribution in [0.1, 0.15) is 27.4 Å². The number of ether oxygens (including phenoxy) is 1. The summed E-state index contributed by atoms with van der Waals surface area (Å²) in [6.07, 6.45) is 0. The fraction of sp³-hybridized carbons (Fsp3) is 0.286. The van der Waals surface area contributed by atoms with Crippen molar-refractivity contribution in [2.75, 3.05) is 7.11 Å². The van der Waals surface area contributed by atoms with Crippen molar-refractivity contribution < 1.29 is 19.1 Å². The van der Waals surface area contributed by atoms with Crippen molar-refractivity contribution in [3.8, 4) is 17.2 Å². The molecule has 5 heteroatoms. The monoisotopic (exact) mass is 261 g/mol. The minimum atomic E-state index is -1.11. The fourth-order valence-electron chi connectivity index (χ4n) is 1.96. The molecule has 0 aliphatic rings. The molecule has 1 heterocycles. The van der Waals surface area contributed by atoms with Crippen LogP contribution in [0.3, 0.4) is 0 Å². The smallest absolute Gasteiger partial charge is 0.373 e. The summed E-state index contributed by atoms with van der Waals surface area (Å²) in [6, 6.07) is 3.63. The summed E-state index contributed by atoms with van der Waals surface area (Å²) in [5, 5.41) is 8.98. The van der Waals surface area contributed by atoms with E-state index in [1.807, 2.05) is 26.0 Å². The van der Waals surface area contributed by atoms with Crippen molar-refractivity contribution >= 4 is 5.97 Å². The van der Waals surface area contributed by atoms with Crippen molar-refractivity contribution in [1.82, 2.24) is 4.98 Å². The lowest BCUT2D eigenvalue weighted by atomic mass is 10.0. The third kappa shape index (κ3) is 2.19. The molecule has 2 rings (SSSR count). The van der Waals surface area contributed by atoms with Gasteiger partial charge in [-0.15, -0.1) is 0 Å². The van der Waals surface area contributed by atoms with Crippen molar-refractivity contribution in [1.29, 1.82) is 0 Å². The van der Waals surface area contributed by atoms with E-state index in [0.717, 1.165) is 22.4 Å². The third-order valence-electron chi connectivity index (χ3n) is 3.18. The van der Waals surface area contributed by atoms with Crippen molar-refractivity contribution in [3.05, 3.63) is 34.7 Å². The van der Waals surface area contributed by atoms with Gasteiger partial charge in [-0.3, -0.25) is 0 Å². The van der Waals surface area contributed by atoms with Crippen LogP contribution in [0.4, 0.5) is 0 Å². The van der Waals surface area contributed by atoms with Gasteiger partial charge in [0.2, 0.25) is 11.7 Å². The summed E-state index contributed by atoms with van der Waals surface area (Å²) in [5.41, 5.74) is 3.08. The maximum Gasteiger partial charge on any atom is 0.373 e. The third-order valence-corrected chi connectivity index (χ3v) is 3.18. The van der Waals surface area contributed by atoms with Crippen LogP contribution in [0, 0.1) is 20.8 Å². The Labute approximate surface area is 110 Å². The Morgan fingerprint density at radius 1 is 1.26 bits per heavy atom. The second-order valence-electron chi connectivity index (χ2n) is 4.30. The molecule has 100 valence electrons. The van der Waals surface area contributed by atoms with Gasteiger partial charge in [0.05, 0.1) is 12.8 Å². The van der Waals surface area contributed by atoms with Crippen LogP contribution in [0.25, 0.3) is 11.5 Å². The summed E-state index contributed by atoms with van der Waals surface area (Å²) in [6.45, 7) is 5.47. The quantitative estimate of drug-likeness (QED) is 0.919. The van der Waals surface area contributed by atoms with Gasteiger partial charge in [-0.25, -0.2) is 9.78 Å². The normalized spacial score (nSPS) is 10.5. The van der Waals surface area contributed by atoms with E-state index in [9.17, 15) is 4.79 Å². The Balaban J connectivity index is 2.57. The average molecular weight is 261 g/mol. The minimum absolute atomic E-state index is 0.122. The standard InChI is InChI=1S/C14H15NO4/c1-7-8(2)11(18-4)6-5-10(7)13-15-9(3)12(19-13)14(16)17/h5-6H,1-4H3,(H,16,17). The van der Waals surface area contributed by atoms with Gasteiger partial charge in [-0.05, 0) is 44.0 Å². The molecule has 19 heavy (non-hydrogen) atoms. The van der Waals surface area contributed by atoms with Gasteiger partial charge in [0.1, 0.15) is 5.75 Å². The first-order valence-corrected chi connectivity index (χ1v) is 5.81. The molecule has 0 radical (unpaired) electrons. The largest absolute Gasteiger partial charge is 0.496 e. The van der Waals surface area contributed by atoms with E-state index in [0.29, 0.717) is 11.6 Å². The number of carbonyl (C=O) groups is 1. The average Bonchev–Trinajstić information content (AvgIpc) is 2.74. The highest BCUT2D eigenvalue weighted by molar-refractivity contribution is 5.86. The molecule has 0 saturated heterocycles. The molecule has 1 N–H and O–H groups in total. The lowest BCUT2D eigenvalue weighted by Gasteiger charge is -2.10. The zero-order valence-electron chi connectivity index (χ0n) is 11.3. The number of hydrogen-bond acceptors (Lipinski definition) is 4. The number of aromatic carboxylic acids is 1. The highest BCUT2D eigenvalue weighted by atomic mass is 16.5. The number of methoxy groups -OCH3 is 1. The molecule has 2 aromatic rings. The summed E-state index contributed by atoms with van der Waals surface area (Å²) in [4.78, 5) is 15.1. The van der Waals surface area contributed by atoms with Crippen LogP contribution in [0.5, 0.6) is 5.75 Å². The Morgan fingerprint density at radius 2 is 1.95 bits per heavy atom. The molecule has 0 unspecified atom stereocenters. The van der Waals surface area contributed by atoms with Gasteiger partial charge in [0.15, 0.2) is 0 Å². The first kappa shape index (κ1) is 13.1. The van der Waals surface area contributed by atoms with Gasteiger partial charge in [-0.1, -0.05) is 0 Å². The molecule has 0 amide bonds. The van der Waals surface area contributed by atoms with Crippen molar-refractivity contribution in [3.63, 3.8) is 0 Å². The molecule has 0 saturated carbocycles. The molecule has 0 fully saturated rings. The SMILES string of the molecule is COc1ccc(-c2nc(C)c(C(=O)O)o2)c(C)c1C. The number of aryl methyl sites for hydroxylation is 1. The van der Waals surface area contributed by atoms with Crippen LogP contribution in [-0.2, 0) is 0 Å². The lowest BCUT2D eigenvalue weighted by Crippen LogP contribution is -1.95. The summed E-state index contributed by atoms with van der Waals surface area (Å²) < 4.78 is 10.6. The van der Waals surface area contributed by atoms with Crippen molar-refractivity contribution in [2.45, 2.75) is 20.8 Å². The number of rotatable bonds is 3. The van der Waals surface area contributed by atoms with Crippen LogP contribution < -0.4 is 4.74 Å². The number of oxazole rings is 1. The predicted octanol–water partition coefficient (Wildman–Crippen LogP) is 2.97. The fourth-order valence-corrected chi connectivity index (χ4v) is 1.96. The topological polar surface area (TPSA) is 72.6 Å². The highest BCUT2D eigenvalue weighted by Crippen LogP contribution is 2.31. The van der Waals surface area contributed by atoms with E-state index < -0.39 is 5.97 Å². The number of carboxylic acids is 1. The van der Waals surface area contributed by atoms with Crippen LogP contribution in [0.15, 0.2) is 16.5 Å². The Bertz CT molecular complexity index is 643. The molecule has 0 bridgehead atoms. The zero-order valence-corrected chi connectivity index (χ0v) is 11.3. The number of carboxylic acid groups (broad SMARTS) is 1. The Kier molecular flexibility index (Phi) is 3.29. The number of aromatic nitrogens is 1. The lowest BCUT2D eigenvalue weighted by molar-refractivity contribution is 0.0662. The molecule has 1 aromatic carbocycles. The first-order chi connectivity index (χ1) is 8.95. The molecule has 0 atom stereocenters. The number of hydrogen-bond donors (Lipinski definition) is 1. The minimum Gasteiger partial charge on any atom is -0.496 e. The second-order valence-corrected chi connectivity index (χ2v) is 4.30. The van der Waals surface area contributed by atoms with Crippen LogP contribution in [-0.4, -0.2) is 23.2 Å². The Morgan fingerprint density at radius 3 is 2.47 bits per heavy atom. The van der Waals surface area contributed by atoms with Crippen molar-refractivity contribution in [2.24, 2.45) is 0 Å². The zero-order chi connectivity index (χ0) is 14.2. The van der Waals surface area contributed by atoms with E-state index in [1.54, 1.807) is 14.0 Å². The van der Waals surface area contributed by atoms with E-state index in [2.05, 4.69) is 4.98 Å². The molecule has 1 aromatic heterocycles. The van der Waals surface area contributed by atoms with E-state index in [1.165, 1.54) is 0 Å². The number of nitrogens with zero attached hydrogens (tertiary/aromatic N) is 1. The van der Waals surface area contributed by atoms with Crippen LogP contribution in [0.2, 0.25) is 0 Å². The maximum atomic E-state index is 11.0. The summed E-state index contributed by atoms with van der Waals surface area (Å²) in [5.74, 6) is -0.136. The van der Waals surface area contributed by atoms with Gasteiger partial charge in [0, 0.05) is 5.56 Å². The summed E-state index contributed by atoms with van der Waals surface area (Å²) in [7, 11) is 1.61.